The Morgan fingerprint density at radius 2 is 2.16 bits per heavy atom. The van der Waals surface area contributed by atoms with Gasteiger partial charge in [-0.15, -0.1) is 5.10 Å². The number of ether oxygens (including phenoxy) is 3. The third-order valence-corrected chi connectivity index (χ3v) is 3.93. The molecule has 0 aliphatic carbocycles. The zero-order valence-electron chi connectivity index (χ0n) is 13.7. The fourth-order valence-corrected chi connectivity index (χ4v) is 2.69. The van der Waals surface area contributed by atoms with E-state index in [9.17, 15) is 10.1 Å². The molecule has 1 aromatic carbocycles. The summed E-state index contributed by atoms with van der Waals surface area (Å²) in [6.07, 6.45) is 0. The third kappa shape index (κ3) is 2.99. The molecule has 2 aromatic rings. The van der Waals surface area contributed by atoms with Crippen LogP contribution in [0.2, 0.25) is 0 Å². The number of nitrogens with zero attached hydrogens (tertiary/aromatic N) is 2. The van der Waals surface area contributed by atoms with E-state index < -0.39 is 5.97 Å². The van der Waals surface area contributed by atoms with Crippen molar-refractivity contribution in [2.75, 3.05) is 13.7 Å². The largest absolute Gasteiger partial charge is 0.482 e. The molecule has 1 aliphatic rings. The second-order valence-corrected chi connectivity index (χ2v) is 5.43. The molecule has 128 valence electrons. The van der Waals surface area contributed by atoms with E-state index in [2.05, 4.69) is 21.0 Å². The molecule has 8 nitrogen and oxygen atoms in total. The zero-order valence-corrected chi connectivity index (χ0v) is 13.7. The van der Waals surface area contributed by atoms with E-state index in [1.165, 1.54) is 7.11 Å². The maximum Gasteiger partial charge on any atom is 0.343 e. The molecule has 1 atom stereocenters. The molecule has 1 aliphatic heterocycles. The molecule has 3 N–H and O–H groups in total. The molecule has 25 heavy (non-hydrogen) atoms. The van der Waals surface area contributed by atoms with Gasteiger partial charge >= 0.3 is 5.97 Å². The van der Waals surface area contributed by atoms with Crippen LogP contribution in [0.4, 0.5) is 0 Å². The summed E-state index contributed by atoms with van der Waals surface area (Å²) in [5.41, 5.74) is 8.59. The van der Waals surface area contributed by atoms with Crippen molar-refractivity contribution in [2.45, 2.75) is 12.8 Å². The van der Waals surface area contributed by atoms with Gasteiger partial charge in [0.2, 0.25) is 11.8 Å². The van der Waals surface area contributed by atoms with Crippen LogP contribution in [0, 0.1) is 18.3 Å². The Morgan fingerprint density at radius 1 is 1.44 bits per heavy atom. The number of hydrogen-bond donors (Lipinski definition) is 2. The number of nitrogens with one attached hydrogen (secondary N) is 1. The Balaban J connectivity index is 1.93. The van der Waals surface area contributed by atoms with Crippen molar-refractivity contribution in [1.82, 2.24) is 10.2 Å². The SMILES string of the molecule is COC(=O)COc1ccc([C@@H]2C(C#N)=C(N)Oc3n[nH]c(C)c32)cc1. The van der Waals surface area contributed by atoms with E-state index in [1.807, 2.05) is 19.1 Å². The summed E-state index contributed by atoms with van der Waals surface area (Å²) in [4.78, 5) is 11.1. The van der Waals surface area contributed by atoms with Crippen LogP contribution in [0.15, 0.2) is 35.7 Å². The molecular weight excluding hydrogens is 324 g/mol. The van der Waals surface area contributed by atoms with Gasteiger partial charge in [-0.3, -0.25) is 5.10 Å². The number of methoxy groups -OCH3 is 1. The number of hydrogen-bond acceptors (Lipinski definition) is 7. The Labute approximate surface area is 143 Å². The molecule has 0 spiro atoms. The Kier molecular flexibility index (Phi) is 4.31. The van der Waals surface area contributed by atoms with Crippen LogP contribution in [-0.2, 0) is 9.53 Å². The normalized spacial score (nSPS) is 15.8. The minimum Gasteiger partial charge on any atom is -0.482 e. The van der Waals surface area contributed by atoms with Crippen LogP contribution < -0.4 is 15.2 Å². The minimum absolute atomic E-state index is 0.0394. The number of nitrogens with two attached hydrogens (primary N) is 1. The molecule has 1 aromatic heterocycles. The number of carbonyl (C=O) groups excluding carboxylic acids is 1. The van der Waals surface area contributed by atoms with Crippen LogP contribution in [0.5, 0.6) is 11.6 Å². The van der Waals surface area contributed by atoms with Gasteiger partial charge in [0.25, 0.3) is 0 Å². The standard InChI is InChI=1S/C17H16N4O4/c1-9-14-15(12(7-18)16(19)25-17(14)21-20-9)10-3-5-11(6-4-10)24-8-13(22)23-2/h3-6,15H,8,19H2,1-2H3,(H,20,21)/t15-/m1/s1. The fourth-order valence-electron chi connectivity index (χ4n) is 2.69. The Bertz CT molecular complexity index is 877. The van der Waals surface area contributed by atoms with Gasteiger partial charge in [-0.25, -0.2) is 4.79 Å². The van der Waals surface area contributed by atoms with Crippen molar-refractivity contribution >= 4 is 5.97 Å². The van der Waals surface area contributed by atoms with E-state index in [1.54, 1.807) is 12.1 Å². The number of allylic oxidation sites excluding steroid dienone is 1. The maximum absolute atomic E-state index is 11.1. The number of carbonyl (C=O) groups is 1. The molecule has 0 amide bonds. The Morgan fingerprint density at radius 3 is 2.80 bits per heavy atom. The van der Waals surface area contributed by atoms with Gasteiger partial charge < -0.3 is 19.9 Å². The minimum atomic E-state index is -0.463. The summed E-state index contributed by atoms with van der Waals surface area (Å²) >= 11 is 0. The van der Waals surface area contributed by atoms with E-state index in [0.717, 1.165) is 16.8 Å². The van der Waals surface area contributed by atoms with Crippen LogP contribution >= 0.6 is 0 Å². The van der Waals surface area contributed by atoms with E-state index in [4.69, 9.17) is 15.2 Å². The van der Waals surface area contributed by atoms with Gasteiger partial charge in [0.15, 0.2) is 6.61 Å². The van der Waals surface area contributed by atoms with Crippen molar-refractivity contribution in [3.05, 3.63) is 52.5 Å². The van der Waals surface area contributed by atoms with E-state index >= 15 is 0 Å². The van der Waals surface area contributed by atoms with Gasteiger partial charge in [-0.2, -0.15) is 5.26 Å². The van der Waals surface area contributed by atoms with Gasteiger partial charge in [-0.1, -0.05) is 12.1 Å². The first-order valence-corrected chi connectivity index (χ1v) is 7.47. The second kappa shape index (κ2) is 6.57. The molecule has 0 fully saturated rings. The number of rotatable bonds is 4. The number of aromatic nitrogens is 2. The molecule has 8 heteroatoms. The molecular formula is C17H16N4O4. The summed E-state index contributed by atoms with van der Waals surface area (Å²) in [5.74, 6) is 0.0696. The smallest absolute Gasteiger partial charge is 0.343 e. The van der Waals surface area contributed by atoms with Crippen molar-refractivity contribution in [3.63, 3.8) is 0 Å². The summed E-state index contributed by atoms with van der Waals surface area (Å²) in [6.45, 7) is 1.68. The van der Waals surface area contributed by atoms with E-state index in [0.29, 0.717) is 17.2 Å². The molecule has 3 rings (SSSR count). The van der Waals surface area contributed by atoms with E-state index in [-0.39, 0.29) is 18.4 Å². The van der Waals surface area contributed by atoms with Crippen LogP contribution in [0.3, 0.4) is 0 Å². The highest BCUT2D eigenvalue weighted by Gasteiger charge is 2.34. The van der Waals surface area contributed by atoms with Crippen LogP contribution in [0.25, 0.3) is 0 Å². The predicted molar refractivity (Wildman–Crippen MR) is 86.6 cm³/mol. The molecule has 2 heterocycles. The number of esters is 1. The number of fused-ring (bicyclic) bond motifs is 1. The fraction of sp³-hybridized carbons (Fsp3) is 0.235. The summed E-state index contributed by atoms with van der Waals surface area (Å²) in [7, 11) is 1.30. The van der Waals surface area contributed by atoms with Crippen molar-refractivity contribution < 1.29 is 19.0 Å². The topological polar surface area (TPSA) is 123 Å². The lowest BCUT2D eigenvalue weighted by Crippen LogP contribution is -2.21. The zero-order chi connectivity index (χ0) is 18.0. The lowest BCUT2D eigenvalue weighted by molar-refractivity contribution is -0.142. The van der Waals surface area contributed by atoms with Crippen molar-refractivity contribution in [3.8, 4) is 17.7 Å². The highest BCUT2D eigenvalue weighted by atomic mass is 16.6. The van der Waals surface area contributed by atoms with Crippen LogP contribution in [0.1, 0.15) is 22.7 Å². The quantitative estimate of drug-likeness (QED) is 0.808. The van der Waals surface area contributed by atoms with Gasteiger partial charge in [-0.05, 0) is 24.6 Å². The number of H-pyrrole nitrogens is 1. The summed E-state index contributed by atoms with van der Waals surface area (Å²) < 4.78 is 15.3. The summed E-state index contributed by atoms with van der Waals surface area (Å²) in [6, 6.07) is 9.17. The second-order valence-electron chi connectivity index (χ2n) is 5.43. The van der Waals surface area contributed by atoms with Gasteiger partial charge in [0.05, 0.1) is 13.0 Å². The lowest BCUT2D eigenvalue weighted by atomic mass is 9.84. The van der Waals surface area contributed by atoms with Gasteiger partial charge in [0.1, 0.15) is 17.4 Å². The number of aromatic amines is 1. The maximum atomic E-state index is 11.1. The first-order valence-electron chi connectivity index (χ1n) is 7.47. The molecule has 0 bridgehead atoms. The third-order valence-electron chi connectivity index (χ3n) is 3.93. The highest BCUT2D eigenvalue weighted by molar-refractivity contribution is 5.70. The Hall–Kier alpha value is -3.47. The molecule has 0 radical (unpaired) electrons. The van der Waals surface area contributed by atoms with Crippen LogP contribution in [-0.4, -0.2) is 29.9 Å². The number of nitriles is 1. The average molecular weight is 340 g/mol. The first-order chi connectivity index (χ1) is 12.0. The molecule has 0 unspecified atom stereocenters. The summed E-state index contributed by atoms with van der Waals surface area (Å²) in [5, 5.41) is 16.4. The number of benzene rings is 1. The monoisotopic (exact) mass is 340 g/mol. The lowest BCUT2D eigenvalue weighted by Gasteiger charge is -2.23. The average Bonchev–Trinajstić information content (AvgIpc) is 2.99. The predicted octanol–water partition coefficient (Wildman–Crippen LogP) is 1.49. The van der Waals surface area contributed by atoms with Crippen molar-refractivity contribution in [1.29, 1.82) is 5.26 Å². The molecule has 0 saturated heterocycles. The highest BCUT2D eigenvalue weighted by Crippen LogP contribution is 2.42. The van der Waals surface area contributed by atoms with Crippen molar-refractivity contribution in [2.24, 2.45) is 5.73 Å². The van der Waals surface area contributed by atoms with Gasteiger partial charge in [0, 0.05) is 11.3 Å². The molecule has 0 saturated carbocycles. The number of aryl methyl sites for hydroxylation is 1. The first kappa shape index (κ1) is 16.4.